The fourth-order valence-corrected chi connectivity index (χ4v) is 2.58. The van der Waals surface area contributed by atoms with E-state index in [4.69, 9.17) is 11.0 Å². The Morgan fingerprint density at radius 3 is 2.84 bits per heavy atom. The third kappa shape index (κ3) is 3.62. The summed E-state index contributed by atoms with van der Waals surface area (Å²) in [5.41, 5.74) is 7.93. The van der Waals surface area contributed by atoms with Gasteiger partial charge in [0, 0.05) is 6.54 Å². The highest BCUT2D eigenvalue weighted by molar-refractivity contribution is 5.72. The summed E-state index contributed by atoms with van der Waals surface area (Å²) in [5, 5.41) is 12.3. The van der Waals surface area contributed by atoms with E-state index >= 15 is 0 Å². The fourth-order valence-electron chi connectivity index (χ4n) is 2.58. The SMILES string of the molecule is CN1CCC(CCNc2cccc(C#N)c2N)CC1. The molecule has 0 atom stereocenters. The lowest BCUT2D eigenvalue weighted by atomic mass is 9.94. The van der Waals surface area contributed by atoms with Crippen LogP contribution in [0.5, 0.6) is 0 Å². The number of nitriles is 1. The molecule has 0 bridgehead atoms. The summed E-state index contributed by atoms with van der Waals surface area (Å²) in [4.78, 5) is 2.39. The molecule has 1 aliphatic heterocycles. The van der Waals surface area contributed by atoms with Crippen molar-refractivity contribution >= 4 is 11.4 Å². The molecule has 0 amide bonds. The molecule has 1 fully saturated rings. The minimum atomic E-state index is 0.546. The van der Waals surface area contributed by atoms with Gasteiger partial charge in [-0.3, -0.25) is 0 Å². The number of likely N-dealkylation sites (tertiary alicyclic amines) is 1. The number of hydrogen-bond acceptors (Lipinski definition) is 4. The first-order valence-electron chi connectivity index (χ1n) is 6.91. The highest BCUT2D eigenvalue weighted by Gasteiger charge is 2.16. The first-order chi connectivity index (χ1) is 9.20. The van der Waals surface area contributed by atoms with Gasteiger partial charge in [-0.15, -0.1) is 0 Å². The van der Waals surface area contributed by atoms with E-state index in [1.807, 2.05) is 12.1 Å². The molecule has 4 heteroatoms. The lowest BCUT2D eigenvalue weighted by Gasteiger charge is -2.29. The number of piperidine rings is 1. The van der Waals surface area contributed by atoms with Crippen molar-refractivity contribution in [2.45, 2.75) is 19.3 Å². The van der Waals surface area contributed by atoms with E-state index in [9.17, 15) is 0 Å². The van der Waals surface area contributed by atoms with Crippen LogP contribution in [0.15, 0.2) is 18.2 Å². The smallest absolute Gasteiger partial charge is 0.101 e. The predicted octanol–water partition coefficient (Wildman–Crippen LogP) is 2.28. The topological polar surface area (TPSA) is 65.1 Å². The molecular formula is C15H22N4. The standard InChI is InChI=1S/C15H22N4/c1-19-9-6-12(7-10-19)5-8-18-14-4-2-3-13(11-16)15(14)17/h2-4,12,18H,5-10,17H2,1H3. The van der Waals surface area contributed by atoms with Crippen LogP contribution in [0.25, 0.3) is 0 Å². The highest BCUT2D eigenvalue weighted by atomic mass is 15.1. The molecule has 1 aliphatic rings. The van der Waals surface area contributed by atoms with Crippen molar-refractivity contribution in [1.82, 2.24) is 4.90 Å². The molecule has 0 aromatic heterocycles. The van der Waals surface area contributed by atoms with Gasteiger partial charge in [-0.25, -0.2) is 0 Å². The van der Waals surface area contributed by atoms with Crippen molar-refractivity contribution in [2.75, 3.05) is 37.7 Å². The molecule has 19 heavy (non-hydrogen) atoms. The summed E-state index contributed by atoms with van der Waals surface area (Å²) in [6.07, 6.45) is 3.74. The molecular weight excluding hydrogens is 236 g/mol. The van der Waals surface area contributed by atoms with Gasteiger partial charge in [0.15, 0.2) is 0 Å². The summed E-state index contributed by atoms with van der Waals surface area (Å²) < 4.78 is 0. The number of benzene rings is 1. The van der Waals surface area contributed by atoms with Crippen molar-refractivity contribution in [3.8, 4) is 6.07 Å². The number of para-hydroxylation sites is 1. The Morgan fingerprint density at radius 1 is 1.42 bits per heavy atom. The Bertz CT molecular complexity index is 456. The first kappa shape index (κ1) is 13.7. The Labute approximate surface area is 115 Å². The Morgan fingerprint density at radius 2 is 2.16 bits per heavy atom. The average molecular weight is 258 g/mol. The Kier molecular flexibility index (Phi) is 4.64. The monoisotopic (exact) mass is 258 g/mol. The minimum absolute atomic E-state index is 0.546. The Balaban J connectivity index is 1.81. The summed E-state index contributed by atoms with van der Waals surface area (Å²) in [6.45, 7) is 3.33. The van der Waals surface area contributed by atoms with Crippen molar-refractivity contribution < 1.29 is 0 Å². The van der Waals surface area contributed by atoms with Crippen LogP contribution in [-0.4, -0.2) is 31.6 Å². The van der Waals surface area contributed by atoms with Crippen LogP contribution >= 0.6 is 0 Å². The van der Waals surface area contributed by atoms with Crippen molar-refractivity contribution in [3.63, 3.8) is 0 Å². The van der Waals surface area contributed by atoms with Gasteiger partial charge >= 0.3 is 0 Å². The van der Waals surface area contributed by atoms with Crippen molar-refractivity contribution in [3.05, 3.63) is 23.8 Å². The van der Waals surface area contributed by atoms with Crippen LogP contribution in [0.4, 0.5) is 11.4 Å². The van der Waals surface area contributed by atoms with E-state index in [1.165, 1.54) is 32.4 Å². The quantitative estimate of drug-likeness (QED) is 0.813. The van der Waals surface area contributed by atoms with Gasteiger partial charge in [-0.05, 0) is 57.5 Å². The lowest BCUT2D eigenvalue weighted by Crippen LogP contribution is -2.30. The molecule has 0 radical (unpaired) electrons. The largest absolute Gasteiger partial charge is 0.396 e. The third-order valence-electron chi connectivity index (χ3n) is 3.93. The van der Waals surface area contributed by atoms with Gasteiger partial charge in [-0.2, -0.15) is 5.26 Å². The molecule has 1 aromatic rings. The molecule has 0 unspecified atom stereocenters. The molecule has 4 nitrogen and oxygen atoms in total. The maximum absolute atomic E-state index is 8.93. The lowest BCUT2D eigenvalue weighted by molar-refractivity contribution is 0.215. The van der Waals surface area contributed by atoms with E-state index in [-0.39, 0.29) is 0 Å². The number of hydrogen-bond donors (Lipinski definition) is 2. The molecule has 0 saturated carbocycles. The first-order valence-corrected chi connectivity index (χ1v) is 6.91. The van der Waals surface area contributed by atoms with Gasteiger partial charge < -0.3 is 16.0 Å². The zero-order chi connectivity index (χ0) is 13.7. The highest BCUT2D eigenvalue weighted by Crippen LogP contribution is 2.23. The number of nitrogens with zero attached hydrogens (tertiary/aromatic N) is 2. The van der Waals surface area contributed by atoms with Crippen molar-refractivity contribution in [2.24, 2.45) is 5.92 Å². The van der Waals surface area contributed by atoms with Gasteiger partial charge in [0.2, 0.25) is 0 Å². The summed E-state index contributed by atoms with van der Waals surface area (Å²) >= 11 is 0. The second-order valence-corrected chi connectivity index (χ2v) is 5.34. The molecule has 1 heterocycles. The second kappa shape index (κ2) is 6.44. The number of rotatable bonds is 4. The van der Waals surface area contributed by atoms with Gasteiger partial charge in [0.1, 0.15) is 6.07 Å². The normalized spacial score (nSPS) is 17.1. The van der Waals surface area contributed by atoms with Crippen LogP contribution in [0.1, 0.15) is 24.8 Å². The molecule has 102 valence electrons. The number of anilines is 2. The summed E-state index contributed by atoms with van der Waals surface area (Å²) in [5.74, 6) is 0.809. The minimum Gasteiger partial charge on any atom is -0.396 e. The number of nitrogen functional groups attached to an aromatic ring is 1. The number of nitrogens with one attached hydrogen (secondary N) is 1. The maximum atomic E-state index is 8.93. The van der Waals surface area contributed by atoms with E-state index in [0.29, 0.717) is 11.3 Å². The third-order valence-corrected chi connectivity index (χ3v) is 3.93. The number of nitrogens with two attached hydrogens (primary N) is 1. The molecule has 1 aromatic carbocycles. The molecule has 0 spiro atoms. The van der Waals surface area contributed by atoms with Crippen LogP contribution in [0.3, 0.4) is 0 Å². The fraction of sp³-hybridized carbons (Fsp3) is 0.533. The molecule has 0 aliphatic carbocycles. The maximum Gasteiger partial charge on any atom is 0.101 e. The summed E-state index contributed by atoms with van der Waals surface area (Å²) in [6, 6.07) is 7.66. The summed E-state index contributed by atoms with van der Waals surface area (Å²) in [7, 11) is 2.18. The van der Waals surface area contributed by atoms with Crippen LogP contribution in [0.2, 0.25) is 0 Å². The van der Waals surface area contributed by atoms with E-state index in [0.717, 1.165) is 18.2 Å². The average Bonchev–Trinajstić information content (AvgIpc) is 2.43. The predicted molar refractivity (Wildman–Crippen MR) is 78.9 cm³/mol. The van der Waals surface area contributed by atoms with Gasteiger partial charge in [0.25, 0.3) is 0 Å². The van der Waals surface area contributed by atoms with Crippen LogP contribution in [-0.2, 0) is 0 Å². The van der Waals surface area contributed by atoms with Gasteiger partial charge in [-0.1, -0.05) is 6.07 Å². The van der Waals surface area contributed by atoms with E-state index < -0.39 is 0 Å². The van der Waals surface area contributed by atoms with Crippen LogP contribution < -0.4 is 11.1 Å². The zero-order valence-corrected chi connectivity index (χ0v) is 11.5. The van der Waals surface area contributed by atoms with Crippen LogP contribution in [0, 0.1) is 17.2 Å². The molecule has 1 saturated heterocycles. The Hall–Kier alpha value is -1.73. The van der Waals surface area contributed by atoms with E-state index in [2.05, 4.69) is 23.3 Å². The van der Waals surface area contributed by atoms with Crippen molar-refractivity contribution in [1.29, 1.82) is 5.26 Å². The van der Waals surface area contributed by atoms with E-state index in [1.54, 1.807) is 6.07 Å². The molecule has 3 N–H and O–H groups in total. The van der Waals surface area contributed by atoms with Gasteiger partial charge in [0.05, 0.1) is 16.9 Å². The second-order valence-electron chi connectivity index (χ2n) is 5.34. The zero-order valence-electron chi connectivity index (χ0n) is 11.5. The molecule has 2 rings (SSSR count).